The predicted molar refractivity (Wildman–Crippen MR) is 63.4 cm³/mol. The van der Waals surface area contributed by atoms with Crippen LogP contribution in [0.15, 0.2) is 12.1 Å². The van der Waals surface area contributed by atoms with Crippen LogP contribution in [0, 0.1) is 19.7 Å². The zero-order valence-corrected chi connectivity index (χ0v) is 10.1. The molecule has 1 N–H and O–H groups in total. The number of aryl methyl sites for hydroxylation is 2. The third-order valence-electron chi connectivity index (χ3n) is 2.49. The minimum absolute atomic E-state index is 0.129. The summed E-state index contributed by atoms with van der Waals surface area (Å²) in [6.07, 6.45) is 0.342. The molecule has 0 aliphatic heterocycles. The van der Waals surface area contributed by atoms with E-state index in [4.69, 9.17) is 0 Å². The summed E-state index contributed by atoms with van der Waals surface area (Å²) >= 11 is 0. The van der Waals surface area contributed by atoms with Gasteiger partial charge in [0.05, 0.1) is 5.56 Å². The number of ketones is 1. The van der Waals surface area contributed by atoms with Gasteiger partial charge in [-0.1, -0.05) is 13.0 Å². The van der Waals surface area contributed by atoms with Crippen molar-refractivity contribution >= 4 is 5.78 Å². The molecule has 0 heterocycles. The lowest BCUT2D eigenvalue weighted by atomic mass is 10.00. The summed E-state index contributed by atoms with van der Waals surface area (Å²) in [4.78, 5) is 11.8. The summed E-state index contributed by atoms with van der Waals surface area (Å²) in [6.45, 7) is 6.99. The quantitative estimate of drug-likeness (QED) is 0.614. The fourth-order valence-corrected chi connectivity index (χ4v) is 1.77. The van der Waals surface area contributed by atoms with Gasteiger partial charge >= 0.3 is 0 Å². The average molecular weight is 223 g/mol. The van der Waals surface area contributed by atoms with Crippen LogP contribution in [0.3, 0.4) is 0 Å². The van der Waals surface area contributed by atoms with Gasteiger partial charge in [0.2, 0.25) is 0 Å². The second-order valence-electron chi connectivity index (χ2n) is 3.97. The molecule has 1 aromatic carbocycles. The molecule has 16 heavy (non-hydrogen) atoms. The molecule has 0 atom stereocenters. The van der Waals surface area contributed by atoms with E-state index in [1.165, 1.54) is 6.07 Å². The van der Waals surface area contributed by atoms with Crippen LogP contribution in [-0.2, 0) is 0 Å². The van der Waals surface area contributed by atoms with E-state index in [1.807, 2.05) is 19.9 Å². The zero-order valence-electron chi connectivity index (χ0n) is 10.1. The van der Waals surface area contributed by atoms with Gasteiger partial charge in [-0.2, -0.15) is 0 Å². The minimum Gasteiger partial charge on any atom is -0.317 e. The normalized spacial score (nSPS) is 10.5. The first-order valence-corrected chi connectivity index (χ1v) is 5.57. The van der Waals surface area contributed by atoms with Gasteiger partial charge < -0.3 is 5.32 Å². The van der Waals surface area contributed by atoms with Crippen molar-refractivity contribution in [3.8, 4) is 0 Å². The number of benzene rings is 1. The molecule has 2 nitrogen and oxygen atoms in total. The fourth-order valence-electron chi connectivity index (χ4n) is 1.77. The van der Waals surface area contributed by atoms with Crippen molar-refractivity contribution in [2.24, 2.45) is 0 Å². The fraction of sp³-hybridized carbons (Fsp3) is 0.462. The van der Waals surface area contributed by atoms with Crippen LogP contribution < -0.4 is 5.32 Å². The van der Waals surface area contributed by atoms with Gasteiger partial charge in [0.1, 0.15) is 5.82 Å². The molecule has 0 unspecified atom stereocenters. The Hall–Kier alpha value is -1.22. The van der Waals surface area contributed by atoms with E-state index in [-0.39, 0.29) is 11.3 Å². The summed E-state index contributed by atoms with van der Waals surface area (Å²) in [7, 11) is 0. The lowest BCUT2D eigenvalue weighted by Gasteiger charge is -2.08. The summed E-state index contributed by atoms with van der Waals surface area (Å²) in [5.74, 6) is -0.532. The number of rotatable bonds is 5. The van der Waals surface area contributed by atoms with E-state index in [9.17, 15) is 9.18 Å². The van der Waals surface area contributed by atoms with Gasteiger partial charge in [-0.3, -0.25) is 4.79 Å². The Morgan fingerprint density at radius 1 is 1.38 bits per heavy atom. The van der Waals surface area contributed by atoms with Crippen LogP contribution in [0.5, 0.6) is 0 Å². The van der Waals surface area contributed by atoms with Crippen LogP contribution in [-0.4, -0.2) is 18.9 Å². The van der Waals surface area contributed by atoms with Gasteiger partial charge in [-0.15, -0.1) is 0 Å². The van der Waals surface area contributed by atoms with Crippen molar-refractivity contribution in [2.75, 3.05) is 13.1 Å². The van der Waals surface area contributed by atoms with Gasteiger partial charge in [0, 0.05) is 13.0 Å². The third-order valence-corrected chi connectivity index (χ3v) is 2.49. The molecule has 0 bridgehead atoms. The summed E-state index contributed by atoms with van der Waals surface area (Å²) in [6, 6.07) is 3.25. The maximum Gasteiger partial charge on any atom is 0.167 e. The Morgan fingerprint density at radius 3 is 2.62 bits per heavy atom. The highest BCUT2D eigenvalue weighted by Gasteiger charge is 2.14. The van der Waals surface area contributed by atoms with Gasteiger partial charge in [0.25, 0.3) is 0 Å². The number of nitrogens with one attached hydrogen (secondary N) is 1. The largest absolute Gasteiger partial charge is 0.317 e. The number of hydrogen-bond donors (Lipinski definition) is 1. The van der Waals surface area contributed by atoms with Crippen molar-refractivity contribution in [3.05, 3.63) is 34.6 Å². The highest BCUT2D eigenvalue weighted by atomic mass is 19.1. The van der Waals surface area contributed by atoms with E-state index < -0.39 is 5.82 Å². The molecular weight excluding hydrogens is 205 g/mol. The number of carbonyl (C=O) groups excluding carboxylic acids is 1. The predicted octanol–water partition coefficient (Wildman–Crippen LogP) is 2.62. The Kier molecular flexibility index (Phi) is 4.62. The van der Waals surface area contributed by atoms with Gasteiger partial charge in [-0.25, -0.2) is 4.39 Å². The van der Waals surface area contributed by atoms with Crippen LogP contribution in [0.4, 0.5) is 4.39 Å². The van der Waals surface area contributed by atoms with Crippen molar-refractivity contribution in [1.82, 2.24) is 5.32 Å². The standard InChI is InChI=1S/C13H18FNO/c1-4-15-6-5-12(16)13-10(3)7-9(2)8-11(13)14/h7-8,15H,4-6H2,1-3H3. The number of Topliss-reactive ketones (excluding diaryl/α,β-unsaturated/α-hetero) is 1. The van der Waals surface area contributed by atoms with Crippen LogP contribution >= 0.6 is 0 Å². The molecule has 0 aliphatic carbocycles. The summed E-state index contributed by atoms with van der Waals surface area (Å²) in [5.41, 5.74) is 1.81. The Labute approximate surface area is 95.9 Å². The first-order valence-electron chi connectivity index (χ1n) is 5.57. The molecule has 1 rings (SSSR count). The Morgan fingerprint density at radius 2 is 2.06 bits per heavy atom. The molecule has 0 aromatic heterocycles. The maximum atomic E-state index is 13.6. The lowest BCUT2D eigenvalue weighted by molar-refractivity contribution is 0.0978. The number of carbonyl (C=O) groups is 1. The van der Waals surface area contributed by atoms with E-state index in [1.54, 1.807) is 6.92 Å². The van der Waals surface area contributed by atoms with E-state index in [0.717, 1.165) is 17.7 Å². The molecule has 0 amide bonds. The van der Waals surface area contributed by atoms with Gasteiger partial charge in [-0.05, 0) is 37.6 Å². The zero-order chi connectivity index (χ0) is 12.1. The average Bonchev–Trinajstić information content (AvgIpc) is 2.16. The number of halogens is 1. The molecule has 88 valence electrons. The topological polar surface area (TPSA) is 29.1 Å². The molecular formula is C13H18FNO. The third kappa shape index (κ3) is 3.14. The van der Waals surface area contributed by atoms with Crippen LogP contribution in [0.25, 0.3) is 0 Å². The van der Waals surface area contributed by atoms with E-state index in [2.05, 4.69) is 5.32 Å². The monoisotopic (exact) mass is 223 g/mol. The smallest absolute Gasteiger partial charge is 0.167 e. The second-order valence-corrected chi connectivity index (χ2v) is 3.97. The molecule has 0 saturated heterocycles. The van der Waals surface area contributed by atoms with Crippen molar-refractivity contribution < 1.29 is 9.18 Å². The summed E-state index contributed by atoms with van der Waals surface area (Å²) in [5, 5.41) is 3.06. The lowest BCUT2D eigenvalue weighted by Crippen LogP contribution is -2.18. The van der Waals surface area contributed by atoms with E-state index in [0.29, 0.717) is 13.0 Å². The van der Waals surface area contributed by atoms with E-state index >= 15 is 0 Å². The Bertz CT molecular complexity index is 365. The van der Waals surface area contributed by atoms with Crippen LogP contribution in [0.2, 0.25) is 0 Å². The molecule has 3 heteroatoms. The van der Waals surface area contributed by atoms with Crippen molar-refractivity contribution in [2.45, 2.75) is 27.2 Å². The second kappa shape index (κ2) is 5.75. The highest BCUT2D eigenvalue weighted by molar-refractivity contribution is 5.97. The summed E-state index contributed by atoms with van der Waals surface area (Å²) < 4.78 is 13.6. The maximum absolute atomic E-state index is 13.6. The van der Waals surface area contributed by atoms with Crippen molar-refractivity contribution in [3.63, 3.8) is 0 Å². The first-order chi connectivity index (χ1) is 7.56. The molecule has 0 aliphatic rings. The highest BCUT2D eigenvalue weighted by Crippen LogP contribution is 2.17. The number of hydrogen-bond acceptors (Lipinski definition) is 2. The molecule has 0 saturated carbocycles. The minimum atomic E-state index is -0.404. The molecule has 0 radical (unpaired) electrons. The van der Waals surface area contributed by atoms with Crippen molar-refractivity contribution in [1.29, 1.82) is 0 Å². The SMILES string of the molecule is CCNCCC(=O)c1c(C)cc(C)cc1F. The van der Waals surface area contributed by atoms with Gasteiger partial charge in [0.15, 0.2) is 5.78 Å². The van der Waals surface area contributed by atoms with Crippen LogP contribution in [0.1, 0.15) is 34.8 Å². The molecule has 0 fully saturated rings. The first kappa shape index (κ1) is 12.8. The molecule has 1 aromatic rings. The molecule has 0 spiro atoms. The Balaban J connectivity index is 2.83.